The second kappa shape index (κ2) is 10.1. The molecule has 0 spiro atoms. The zero-order valence-corrected chi connectivity index (χ0v) is 10.2. The van der Waals surface area contributed by atoms with E-state index in [0.717, 1.165) is 0 Å². The Morgan fingerprint density at radius 2 is 1.44 bits per heavy atom. The van der Waals surface area contributed by atoms with E-state index < -0.39 is 11.8 Å². The lowest BCUT2D eigenvalue weighted by molar-refractivity contribution is -0.139. The van der Waals surface area contributed by atoms with Gasteiger partial charge >= 0.3 is 11.8 Å². The van der Waals surface area contributed by atoms with Gasteiger partial charge < -0.3 is 21.3 Å². The van der Waals surface area contributed by atoms with E-state index in [4.69, 9.17) is 0 Å². The molecule has 0 fully saturated rings. The van der Waals surface area contributed by atoms with Crippen LogP contribution in [-0.2, 0) is 19.2 Å². The largest absolute Gasteiger partial charge is 0.359 e. The molecule has 0 aromatic carbocycles. The quantitative estimate of drug-likeness (QED) is 0.218. The minimum absolute atomic E-state index is 0.193. The Labute approximate surface area is 105 Å². The molecule has 0 aromatic rings. The first kappa shape index (κ1) is 15.9. The molecule has 0 saturated heterocycles. The number of amides is 4. The Morgan fingerprint density at radius 3 is 2.00 bits per heavy atom. The lowest BCUT2D eigenvalue weighted by Gasteiger charge is -2.06. The van der Waals surface area contributed by atoms with Crippen LogP contribution in [0.25, 0.3) is 0 Å². The van der Waals surface area contributed by atoms with E-state index in [1.807, 2.05) is 0 Å². The molecule has 8 nitrogen and oxygen atoms in total. The van der Waals surface area contributed by atoms with Gasteiger partial charge in [0, 0.05) is 33.1 Å². The monoisotopic (exact) mass is 258 g/mol. The summed E-state index contributed by atoms with van der Waals surface area (Å²) in [4.78, 5) is 42.8. The van der Waals surface area contributed by atoms with E-state index in [9.17, 15) is 19.2 Å². The van der Waals surface area contributed by atoms with E-state index in [2.05, 4.69) is 21.3 Å². The van der Waals surface area contributed by atoms with E-state index in [0.29, 0.717) is 25.9 Å². The standard InChI is InChI=1S/C10H18N4O4/c1-8(16)12-5-6-14-10(18)9(17)13-4-2-3-11-7-15/h7H,2-6H2,1H3,(H,11,15)(H,12,16)(H,13,17)(H,14,18). The summed E-state index contributed by atoms with van der Waals surface area (Å²) in [6, 6.07) is 0. The highest BCUT2D eigenvalue weighted by Gasteiger charge is 2.11. The Kier molecular flexibility index (Phi) is 8.88. The van der Waals surface area contributed by atoms with Crippen LogP contribution in [0.3, 0.4) is 0 Å². The summed E-state index contributed by atoms with van der Waals surface area (Å²) in [6.45, 7) is 2.57. The average Bonchev–Trinajstić information content (AvgIpc) is 2.33. The lowest BCUT2D eigenvalue weighted by atomic mass is 10.4. The van der Waals surface area contributed by atoms with Crippen molar-refractivity contribution in [1.82, 2.24) is 21.3 Å². The topological polar surface area (TPSA) is 116 Å². The summed E-state index contributed by atoms with van der Waals surface area (Å²) in [5.41, 5.74) is 0. The zero-order chi connectivity index (χ0) is 13.8. The zero-order valence-electron chi connectivity index (χ0n) is 10.2. The molecule has 0 aliphatic carbocycles. The number of nitrogens with one attached hydrogen (secondary N) is 4. The normalized spacial score (nSPS) is 9.17. The van der Waals surface area contributed by atoms with Crippen LogP contribution >= 0.6 is 0 Å². The highest BCUT2D eigenvalue weighted by molar-refractivity contribution is 6.35. The summed E-state index contributed by atoms with van der Waals surface area (Å²) >= 11 is 0. The van der Waals surface area contributed by atoms with Crippen molar-refractivity contribution in [3.63, 3.8) is 0 Å². The van der Waals surface area contributed by atoms with Gasteiger partial charge in [0.2, 0.25) is 12.3 Å². The van der Waals surface area contributed by atoms with Crippen LogP contribution in [0, 0.1) is 0 Å². The SMILES string of the molecule is CC(=O)NCCNC(=O)C(=O)NCCCNC=O. The first-order chi connectivity index (χ1) is 8.57. The third-order valence-corrected chi connectivity index (χ3v) is 1.86. The summed E-state index contributed by atoms with van der Waals surface area (Å²) in [5, 5.41) is 9.66. The second-order valence-electron chi connectivity index (χ2n) is 3.42. The molecule has 8 heteroatoms. The van der Waals surface area contributed by atoms with Crippen LogP contribution in [0.1, 0.15) is 13.3 Å². The van der Waals surface area contributed by atoms with Crippen molar-refractivity contribution >= 4 is 24.1 Å². The Bertz CT molecular complexity index is 306. The van der Waals surface area contributed by atoms with Crippen molar-refractivity contribution in [2.24, 2.45) is 0 Å². The molecule has 0 heterocycles. The minimum Gasteiger partial charge on any atom is -0.359 e. The number of carbonyl (C=O) groups is 4. The Balaban J connectivity index is 3.54. The second-order valence-corrected chi connectivity index (χ2v) is 3.42. The van der Waals surface area contributed by atoms with Crippen molar-refractivity contribution in [2.75, 3.05) is 26.2 Å². The maximum absolute atomic E-state index is 11.2. The lowest BCUT2D eigenvalue weighted by Crippen LogP contribution is -2.43. The molecule has 0 unspecified atom stereocenters. The summed E-state index contributed by atoms with van der Waals surface area (Å²) in [7, 11) is 0. The molecule has 0 saturated carbocycles. The number of carbonyl (C=O) groups excluding carboxylic acids is 4. The fourth-order valence-electron chi connectivity index (χ4n) is 1.03. The van der Waals surface area contributed by atoms with Crippen LogP contribution in [-0.4, -0.2) is 50.3 Å². The summed E-state index contributed by atoms with van der Waals surface area (Å²) in [6.07, 6.45) is 1.11. The van der Waals surface area contributed by atoms with Gasteiger partial charge in [-0.05, 0) is 6.42 Å². The maximum Gasteiger partial charge on any atom is 0.309 e. The van der Waals surface area contributed by atoms with Crippen LogP contribution in [0.15, 0.2) is 0 Å². The summed E-state index contributed by atoms with van der Waals surface area (Å²) in [5.74, 6) is -1.68. The van der Waals surface area contributed by atoms with Gasteiger partial charge in [-0.2, -0.15) is 0 Å². The van der Waals surface area contributed by atoms with Gasteiger partial charge in [0.05, 0.1) is 0 Å². The summed E-state index contributed by atoms with van der Waals surface area (Å²) < 4.78 is 0. The smallest absolute Gasteiger partial charge is 0.309 e. The highest BCUT2D eigenvalue weighted by Crippen LogP contribution is 1.74. The number of hydrogen-bond acceptors (Lipinski definition) is 4. The third kappa shape index (κ3) is 9.13. The van der Waals surface area contributed by atoms with E-state index >= 15 is 0 Å². The van der Waals surface area contributed by atoms with Gasteiger partial charge in [-0.15, -0.1) is 0 Å². The minimum atomic E-state index is -0.747. The molecule has 0 aliphatic rings. The Morgan fingerprint density at radius 1 is 0.889 bits per heavy atom. The predicted octanol–water partition coefficient (Wildman–Crippen LogP) is -2.51. The van der Waals surface area contributed by atoms with Crippen molar-refractivity contribution in [1.29, 1.82) is 0 Å². The first-order valence-electron chi connectivity index (χ1n) is 5.55. The molecule has 0 aliphatic heterocycles. The molecule has 0 aromatic heterocycles. The predicted molar refractivity (Wildman–Crippen MR) is 63.4 cm³/mol. The van der Waals surface area contributed by atoms with E-state index in [-0.39, 0.29) is 19.0 Å². The molecular weight excluding hydrogens is 240 g/mol. The van der Waals surface area contributed by atoms with Crippen molar-refractivity contribution in [2.45, 2.75) is 13.3 Å². The van der Waals surface area contributed by atoms with Crippen LogP contribution in [0.2, 0.25) is 0 Å². The third-order valence-electron chi connectivity index (χ3n) is 1.86. The van der Waals surface area contributed by atoms with E-state index in [1.165, 1.54) is 6.92 Å². The fourth-order valence-corrected chi connectivity index (χ4v) is 1.03. The molecular formula is C10H18N4O4. The van der Waals surface area contributed by atoms with Crippen molar-refractivity contribution in [3.05, 3.63) is 0 Å². The molecule has 102 valence electrons. The van der Waals surface area contributed by atoms with Crippen LogP contribution in [0.4, 0.5) is 0 Å². The molecule has 0 radical (unpaired) electrons. The molecule has 18 heavy (non-hydrogen) atoms. The van der Waals surface area contributed by atoms with Gasteiger partial charge in [0.25, 0.3) is 0 Å². The molecule has 4 N–H and O–H groups in total. The van der Waals surface area contributed by atoms with Crippen LogP contribution in [0.5, 0.6) is 0 Å². The Hall–Kier alpha value is -2.12. The van der Waals surface area contributed by atoms with Crippen molar-refractivity contribution < 1.29 is 19.2 Å². The maximum atomic E-state index is 11.2. The number of rotatable bonds is 8. The van der Waals surface area contributed by atoms with Gasteiger partial charge in [0.15, 0.2) is 0 Å². The van der Waals surface area contributed by atoms with Gasteiger partial charge in [-0.1, -0.05) is 0 Å². The molecule has 0 bridgehead atoms. The van der Waals surface area contributed by atoms with Gasteiger partial charge in [0.1, 0.15) is 0 Å². The highest BCUT2D eigenvalue weighted by atomic mass is 16.2. The average molecular weight is 258 g/mol. The molecule has 0 rings (SSSR count). The van der Waals surface area contributed by atoms with Crippen LogP contribution < -0.4 is 21.3 Å². The van der Waals surface area contributed by atoms with Gasteiger partial charge in [-0.25, -0.2) is 0 Å². The molecule has 0 atom stereocenters. The number of hydrogen-bond donors (Lipinski definition) is 4. The fraction of sp³-hybridized carbons (Fsp3) is 0.600. The first-order valence-corrected chi connectivity index (χ1v) is 5.55. The van der Waals surface area contributed by atoms with Crippen molar-refractivity contribution in [3.8, 4) is 0 Å². The van der Waals surface area contributed by atoms with E-state index in [1.54, 1.807) is 0 Å². The van der Waals surface area contributed by atoms with Gasteiger partial charge in [-0.3, -0.25) is 19.2 Å². The molecule has 4 amide bonds.